The van der Waals surface area contributed by atoms with Gasteiger partial charge in [0.05, 0.1) is 0 Å². The topological polar surface area (TPSA) is 40.5 Å². The molecule has 0 amide bonds. The van der Waals surface area contributed by atoms with Crippen LogP contribution in [0.15, 0.2) is 24.3 Å². The molecule has 0 spiro atoms. The van der Waals surface area contributed by atoms with Crippen LogP contribution in [-0.2, 0) is 11.3 Å². The van der Waals surface area contributed by atoms with Gasteiger partial charge in [-0.05, 0) is 18.1 Å². The number of nitrogens with zero attached hydrogens (tertiary/aromatic N) is 1. The highest BCUT2D eigenvalue weighted by Crippen LogP contribution is 2.07. The fourth-order valence-corrected chi connectivity index (χ4v) is 1.03. The number of hydroxylamine groups is 2. The molecule has 0 aliphatic rings. The van der Waals surface area contributed by atoms with E-state index < -0.39 is 0 Å². The maximum Gasteiger partial charge on any atom is 0.106 e. The number of aryl methyl sites for hydroxylation is 1. The van der Waals surface area contributed by atoms with Gasteiger partial charge < -0.3 is 10.0 Å². The molecule has 0 bridgehead atoms. The Balaban J connectivity index is 0. The van der Waals surface area contributed by atoms with Crippen molar-refractivity contribution in [2.75, 3.05) is 7.05 Å². The maximum atomic E-state index is 8.96. The SMILES string of the molecule is C=O.CC.Cc1ccccc1CN(C)O. The molecule has 1 aromatic carbocycles. The summed E-state index contributed by atoms with van der Waals surface area (Å²) in [6.07, 6.45) is 0. The molecule has 0 saturated heterocycles. The summed E-state index contributed by atoms with van der Waals surface area (Å²) in [7, 11) is 1.65. The lowest BCUT2D eigenvalue weighted by Gasteiger charge is -2.09. The van der Waals surface area contributed by atoms with Crippen LogP contribution in [0, 0.1) is 6.92 Å². The van der Waals surface area contributed by atoms with Crippen LogP contribution in [0.2, 0.25) is 0 Å². The van der Waals surface area contributed by atoms with Gasteiger partial charge in [-0.2, -0.15) is 5.06 Å². The van der Waals surface area contributed by atoms with Gasteiger partial charge in [0.25, 0.3) is 0 Å². The van der Waals surface area contributed by atoms with Crippen molar-refractivity contribution in [3.63, 3.8) is 0 Å². The monoisotopic (exact) mass is 211 g/mol. The van der Waals surface area contributed by atoms with Crippen LogP contribution in [0.5, 0.6) is 0 Å². The van der Waals surface area contributed by atoms with Crippen LogP contribution >= 0.6 is 0 Å². The lowest BCUT2D eigenvalue weighted by atomic mass is 10.1. The Bertz CT molecular complexity index is 249. The summed E-state index contributed by atoms with van der Waals surface area (Å²) in [6.45, 7) is 8.63. The van der Waals surface area contributed by atoms with Crippen LogP contribution in [0.3, 0.4) is 0 Å². The molecule has 0 aromatic heterocycles. The zero-order valence-corrected chi connectivity index (χ0v) is 10.0. The molecule has 86 valence electrons. The zero-order chi connectivity index (χ0) is 12.3. The minimum Gasteiger partial charge on any atom is -0.314 e. The van der Waals surface area contributed by atoms with Gasteiger partial charge >= 0.3 is 0 Å². The van der Waals surface area contributed by atoms with Crippen molar-refractivity contribution in [2.45, 2.75) is 27.3 Å². The first-order chi connectivity index (χ1) is 7.20. The molecule has 15 heavy (non-hydrogen) atoms. The number of carbonyl (C=O) groups is 1. The molecule has 0 fully saturated rings. The van der Waals surface area contributed by atoms with Crippen LogP contribution in [0.4, 0.5) is 0 Å². The van der Waals surface area contributed by atoms with Gasteiger partial charge in [0.15, 0.2) is 0 Å². The van der Waals surface area contributed by atoms with Crippen LogP contribution < -0.4 is 0 Å². The van der Waals surface area contributed by atoms with Gasteiger partial charge in [-0.15, -0.1) is 0 Å². The van der Waals surface area contributed by atoms with Crippen molar-refractivity contribution in [1.29, 1.82) is 0 Å². The molecule has 3 heteroatoms. The van der Waals surface area contributed by atoms with E-state index in [1.54, 1.807) is 7.05 Å². The summed E-state index contributed by atoms with van der Waals surface area (Å²) in [5, 5.41) is 10.1. The van der Waals surface area contributed by atoms with Gasteiger partial charge in [-0.3, -0.25) is 0 Å². The molecule has 0 aliphatic carbocycles. The first-order valence-electron chi connectivity index (χ1n) is 4.93. The quantitative estimate of drug-likeness (QED) is 0.764. The van der Waals surface area contributed by atoms with Gasteiger partial charge in [0, 0.05) is 13.6 Å². The smallest absolute Gasteiger partial charge is 0.106 e. The maximum absolute atomic E-state index is 8.96. The minimum atomic E-state index is 0.590. The molecular formula is C12H21NO2. The van der Waals surface area contributed by atoms with Gasteiger partial charge in [-0.25, -0.2) is 0 Å². The fraction of sp³-hybridized carbons (Fsp3) is 0.417. The Labute approximate surface area is 92.3 Å². The minimum absolute atomic E-state index is 0.590. The standard InChI is InChI=1S/C9H13NO.C2H6.CH2O/c1-8-5-3-4-6-9(8)7-10(2)11;2*1-2/h3-6,11H,7H2,1-2H3;1-2H3;1H2. The molecule has 0 atom stereocenters. The van der Waals surface area contributed by atoms with Crippen molar-refractivity contribution >= 4 is 6.79 Å². The Morgan fingerprint density at radius 2 is 1.73 bits per heavy atom. The van der Waals surface area contributed by atoms with Crippen molar-refractivity contribution in [2.24, 2.45) is 0 Å². The lowest BCUT2D eigenvalue weighted by molar-refractivity contribution is -0.0980. The van der Waals surface area contributed by atoms with E-state index in [1.165, 1.54) is 10.6 Å². The number of rotatable bonds is 2. The Morgan fingerprint density at radius 3 is 2.13 bits per heavy atom. The molecule has 3 nitrogen and oxygen atoms in total. The van der Waals surface area contributed by atoms with Crippen LogP contribution in [-0.4, -0.2) is 24.1 Å². The van der Waals surface area contributed by atoms with Crippen molar-refractivity contribution in [3.05, 3.63) is 35.4 Å². The Kier molecular flexibility index (Phi) is 11.8. The Morgan fingerprint density at radius 1 is 1.27 bits per heavy atom. The molecule has 0 aliphatic heterocycles. The Hall–Kier alpha value is -1.19. The van der Waals surface area contributed by atoms with Crippen molar-refractivity contribution in [1.82, 2.24) is 5.06 Å². The second kappa shape index (κ2) is 10.9. The summed E-state index contributed by atoms with van der Waals surface area (Å²) in [4.78, 5) is 8.00. The molecular weight excluding hydrogens is 190 g/mol. The van der Waals surface area contributed by atoms with E-state index in [1.807, 2.05) is 51.8 Å². The van der Waals surface area contributed by atoms with E-state index in [0.29, 0.717) is 6.54 Å². The molecule has 1 rings (SSSR count). The average Bonchev–Trinajstić information content (AvgIpc) is 2.27. The molecule has 0 radical (unpaired) electrons. The van der Waals surface area contributed by atoms with Crippen LogP contribution in [0.1, 0.15) is 25.0 Å². The highest BCUT2D eigenvalue weighted by molar-refractivity contribution is 5.24. The molecule has 1 aromatic rings. The third-order valence-corrected chi connectivity index (χ3v) is 1.66. The van der Waals surface area contributed by atoms with E-state index in [-0.39, 0.29) is 0 Å². The summed E-state index contributed by atoms with van der Waals surface area (Å²) < 4.78 is 0. The van der Waals surface area contributed by atoms with E-state index in [4.69, 9.17) is 10.0 Å². The molecule has 0 heterocycles. The molecule has 1 N–H and O–H groups in total. The summed E-state index contributed by atoms with van der Waals surface area (Å²) in [6, 6.07) is 8.03. The second-order valence-electron chi connectivity index (χ2n) is 2.74. The fourth-order valence-electron chi connectivity index (χ4n) is 1.03. The second-order valence-corrected chi connectivity index (χ2v) is 2.74. The van der Waals surface area contributed by atoms with Gasteiger partial charge in [0.2, 0.25) is 0 Å². The van der Waals surface area contributed by atoms with Crippen LogP contribution in [0.25, 0.3) is 0 Å². The predicted octanol–water partition coefficient (Wildman–Crippen LogP) is 2.66. The normalized spacial score (nSPS) is 8.40. The summed E-state index contributed by atoms with van der Waals surface area (Å²) >= 11 is 0. The van der Waals surface area contributed by atoms with Crippen molar-refractivity contribution < 1.29 is 10.0 Å². The number of benzene rings is 1. The number of hydrogen-bond acceptors (Lipinski definition) is 3. The molecule has 0 unspecified atom stereocenters. The van der Waals surface area contributed by atoms with Gasteiger partial charge in [0.1, 0.15) is 6.79 Å². The number of hydrogen-bond donors (Lipinski definition) is 1. The third kappa shape index (κ3) is 7.85. The summed E-state index contributed by atoms with van der Waals surface area (Å²) in [5.41, 5.74) is 2.38. The van der Waals surface area contributed by atoms with E-state index in [0.717, 1.165) is 5.56 Å². The first-order valence-corrected chi connectivity index (χ1v) is 4.93. The highest BCUT2D eigenvalue weighted by atomic mass is 16.5. The zero-order valence-electron chi connectivity index (χ0n) is 10.0. The molecule has 0 saturated carbocycles. The van der Waals surface area contributed by atoms with E-state index >= 15 is 0 Å². The van der Waals surface area contributed by atoms with Gasteiger partial charge in [-0.1, -0.05) is 38.1 Å². The first kappa shape index (κ1) is 16.2. The predicted molar refractivity (Wildman–Crippen MR) is 62.9 cm³/mol. The highest BCUT2D eigenvalue weighted by Gasteiger charge is 1.97. The number of carbonyl (C=O) groups excluding carboxylic acids is 1. The van der Waals surface area contributed by atoms with Crippen molar-refractivity contribution in [3.8, 4) is 0 Å². The summed E-state index contributed by atoms with van der Waals surface area (Å²) in [5.74, 6) is 0. The van der Waals surface area contributed by atoms with E-state index in [9.17, 15) is 0 Å². The van der Waals surface area contributed by atoms with E-state index in [2.05, 4.69) is 0 Å². The lowest BCUT2D eigenvalue weighted by Crippen LogP contribution is -2.12. The third-order valence-electron chi connectivity index (χ3n) is 1.66. The largest absolute Gasteiger partial charge is 0.314 e. The average molecular weight is 211 g/mol.